The van der Waals surface area contributed by atoms with E-state index in [9.17, 15) is 9.59 Å². The Morgan fingerprint density at radius 1 is 0.900 bits per heavy atom. The van der Waals surface area contributed by atoms with Gasteiger partial charge in [-0.2, -0.15) is 0 Å². The molecule has 0 aliphatic heterocycles. The molecule has 0 saturated heterocycles. The number of urea groups is 1. The fourth-order valence-electron chi connectivity index (χ4n) is 3.09. The summed E-state index contributed by atoms with van der Waals surface area (Å²) >= 11 is 0. The van der Waals surface area contributed by atoms with Crippen molar-refractivity contribution in [3.8, 4) is 0 Å². The third kappa shape index (κ3) is 4.20. The van der Waals surface area contributed by atoms with E-state index in [1.165, 1.54) is 0 Å². The largest absolute Gasteiger partial charge is 0.366 e. The molecule has 7 nitrogen and oxygen atoms in total. The summed E-state index contributed by atoms with van der Waals surface area (Å²) in [6.07, 6.45) is 3.48. The van der Waals surface area contributed by atoms with E-state index in [4.69, 9.17) is 5.73 Å². The number of amides is 3. The molecule has 148 valence electrons. The minimum atomic E-state index is -0.514. The van der Waals surface area contributed by atoms with E-state index in [2.05, 4.69) is 20.6 Å². The second-order valence-electron chi connectivity index (χ2n) is 6.57. The van der Waals surface area contributed by atoms with Crippen molar-refractivity contribution >= 4 is 46.1 Å². The van der Waals surface area contributed by atoms with Crippen molar-refractivity contribution in [2.45, 2.75) is 0 Å². The quantitative estimate of drug-likeness (QED) is 0.378. The number of hydrogen-bond donors (Lipinski definition) is 4. The molecule has 0 unspecified atom stereocenters. The van der Waals surface area contributed by atoms with E-state index < -0.39 is 5.91 Å². The van der Waals surface area contributed by atoms with Crippen LogP contribution in [0.25, 0.3) is 22.7 Å². The van der Waals surface area contributed by atoms with Gasteiger partial charge in [0.25, 0.3) is 0 Å². The van der Waals surface area contributed by atoms with Crippen LogP contribution in [0.2, 0.25) is 0 Å². The first-order chi connectivity index (χ1) is 14.6. The number of primary amides is 1. The molecule has 30 heavy (non-hydrogen) atoms. The molecule has 0 aliphatic rings. The van der Waals surface area contributed by atoms with E-state index in [-0.39, 0.29) is 6.03 Å². The van der Waals surface area contributed by atoms with Gasteiger partial charge in [-0.15, -0.1) is 0 Å². The van der Waals surface area contributed by atoms with Crippen LogP contribution in [0.3, 0.4) is 0 Å². The number of nitrogens with zero attached hydrogens (tertiary/aromatic N) is 1. The highest BCUT2D eigenvalue weighted by Crippen LogP contribution is 2.24. The Morgan fingerprint density at radius 3 is 2.30 bits per heavy atom. The number of carbonyl (C=O) groups is 2. The van der Waals surface area contributed by atoms with Gasteiger partial charge in [-0.05, 0) is 35.9 Å². The van der Waals surface area contributed by atoms with Crippen LogP contribution < -0.4 is 16.4 Å². The number of anilines is 2. The molecule has 0 atom stereocenters. The Balaban J connectivity index is 1.58. The Bertz CT molecular complexity index is 1230. The van der Waals surface area contributed by atoms with Gasteiger partial charge in [0.1, 0.15) is 11.5 Å². The molecule has 0 bridgehead atoms. The topological polar surface area (TPSA) is 113 Å². The van der Waals surface area contributed by atoms with E-state index in [0.29, 0.717) is 22.7 Å². The zero-order valence-corrected chi connectivity index (χ0v) is 15.9. The molecule has 5 N–H and O–H groups in total. The Hall–Kier alpha value is -4.39. The van der Waals surface area contributed by atoms with Crippen molar-refractivity contribution in [2.75, 3.05) is 10.6 Å². The van der Waals surface area contributed by atoms with Gasteiger partial charge in [0.15, 0.2) is 0 Å². The molecule has 2 heterocycles. The number of pyridine rings is 1. The van der Waals surface area contributed by atoms with Crippen LogP contribution >= 0.6 is 0 Å². The monoisotopic (exact) mass is 397 g/mol. The molecule has 0 spiro atoms. The fraction of sp³-hybridized carbons (Fsp3) is 0. The maximum absolute atomic E-state index is 12.2. The highest BCUT2D eigenvalue weighted by molar-refractivity contribution is 6.24. The van der Waals surface area contributed by atoms with Crippen molar-refractivity contribution in [3.05, 3.63) is 90.1 Å². The van der Waals surface area contributed by atoms with Gasteiger partial charge in [-0.25, -0.2) is 9.78 Å². The minimum Gasteiger partial charge on any atom is -0.366 e. The smallest absolute Gasteiger partial charge is 0.324 e. The number of aromatic amines is 1. The van der Waals surface area contributed by atoms with Crippen molar-refractivity contribution in [3.63, 3.8) is 0 Å². The lowest BCUT2D eigenvalue weighted by molar-refractivity contribution is -0.112. The molecule has 4 rings (SSSR count). The molecule has 0 radical (unpaired) electrons. The normalized spacial score (nSPS) is 11.3. The number of aromatic nitrogens is 2. The molecule has 2 aromatic heterocycles. The maximum Gasteiger partial charge on any atom is 0.324 e. The van der Waals surface area contributed by atoms with Crippen molar-refractivity contribution in [2.24, 2.45) is 5.73 Å². The Labute approximate surface area is 172 Å². The number of para-hydroxylation sites is 1. The van der Waals surface area contributed by atoms with Crippen LogP contribution in [0, 0.1) is 0 Å². The summed E-state index contributed by atoms with van der Waals surface area (Å²) in [6.45, 7) is 0. The zero-order valence-electron chi connectivity index (χ0n) is 15.9. The first-order valence-electron chi connectivity index (χ1n) is 9.28. The predicted molar refractivity (Wildman–Crippen MR) is 119 cm³/mol. The summed E-state index contributed by atoms with van der Waals surface area (Å²) in [4.78, 5) is 31.6. The van der Waals surface area contributed by atoms with Crippen LogP contribution in [0.5, 0.6) is 0 Å². The van der Waals surface area contributed by atoms with Gasteiger partial charge in [0.05, 0.1) is 0 Å². The number of nitrogens with one attached hydrogen (secondary N) is 3. The standard InChI is InChI=1S/C23H19N5O2/c24-21(29)19(15-7-3-1-4-8-15)13-16-14-25-22-18(16)11-12-20(27-22)28-23(30)26-17-9-5-2-6-10-17/h1-14H,(H2,24,29)(H3,25,26,27,28,30). The molecule has 0 saturated carbocycles. The van der Waals surface area contributed by atoms with E-state index in [0.717, 1.165) is 16.5 Å². The van der Waals surface area contributed by atoms with Gasteiger partial charge in [-0.3, -0.25) is 10.1 Å². The molecule has 0 aliphatic carbocycles. The molecular weight excluding hydrogens is 378 g/mol. The summed E-state index contributed by atoms with van der Waals surface area (Å²) in [6, 6.07) is 21.5. The number of fused-ring (bicyclic) bond motifs is 1. The lowest BCUT2D eigenvalue weighted by Gasteiger charge is -2.07. The summed E-state index contributed by atoms with van der Waals surface area (Å²) < 4.78 is 0. The van der Waals surface area contributed by atoms with Crippen LogP contribution in [0.15, 0.2) is 79.0 Å². The van der Waals surface area contributed by atoms with E-state index in [1.807, 2.05) is 54.6 Å². The first-order valence-corrected chi connectivity index (χ1v) is 9.28. The number of carbonyl (C=O) groups excluding carboxylic acids is 2. The lowest BCUT2D eigenvalue weighted by Crippen LogP contribution is -2.19. The average molecular weight is 397 g/mol. The summed E-state index contributed by atoms with van der Waals surface area (Å²) in [5, 5.41) is 6.25. The van der Waals surface area contributed by atoms with Crippen LogP contribution in [-0.4, -0.2) is 21.9 Å². The third-order valence-electron chi connectivity index (χ3n) is 4.49. The predicted octanol–water partition coefficient (Wildman–Crippen LogP) is 4.23. The number of benzene rings is 2. The van der Waals surface area contributed by atoms with Gasteiger partial charge >= 0.3 is 6.03 Å². The van der Waals surface area contributed by atoms with E-state index >= 15 is 0 Å². The third-order valence-corrected chi connectivity index (χ3v) is 4.49. The van der Waals surface area contributed by atoms with Crippen molar-refractivity contribution in [1.82, 2.24) is 9.97 Å². The number of hydrogen-bond acceptors (Lipinski definition) is 3. The van der Waals surface area contributed by atoms with Crippen LogP contribution in [-0.2, 0) is 4.79 Å². The van der Waals surface area contributed by atoms with Gasteiger partial charge in [-0.1, -0.05) is 48.5 Å². The van der Waals surface area contributed by atoms with Crippen molar-refractivity contribution < 1.29 is 9.59 Å². The SMILES string of the molecule is NC(=O)C(=Cc1c[nH]c2nc(NC(=O)Nc3ccccc3)ccc12)c1ccccc1. The second kappa shape index (κ2) is 8.32. The van der Waals surface area contributed by atoms with E-state index in [1.54, 1.807) is 30.5 Å². The van der Waals surface area contributed by atoms with Gasteiger partial charge < -0.3 is 16.0 Å². The van der Waals surface area contributed by atoms with Crippen LogP contribution in [0.4, 0.5) is 16.3 Å². The zero-order chi connectivity index (χ0) is 20.9. The Kier molecular flexibility index (Phi) is 5.25. The van der Waals surface area contributed by atoms with Crippen molar-refractivity contribution in [1.29, 1.82) is 0 Å². The van der Waals surface area contributed by atoms with Gasteiger partial charge in [0.2, 0.25) is 5.91 Å². The maximum atomic E-state index is 12.2. The molecule has 4 aromatic rings. The Morgan fingerprint density at radius 2 is 1.60 bits per heavy atom. The van der Waals surface area contributed by atoms with Crippen LogP contribution in [0.1, 0.15) is 11.1 Å². The minimum absolute atomic E-state index is 0.389. The average Bonchev–Trinajstić information content (AvgIpc) is 3.15. The summed E-state index contributed by atoms with van der Waals surface area (Å²) in [5.74, 6) is -0.120. The summed E-state index contributed by atoms with van der Waals surface area (Å²) in [5.41, 5.74) is 8.76. The highest BCUT2D eigenvalue weighted by Gasteiger charge is 2.11. The molecule has 7 heteroatoms. The summed E-state index contributed by atoms with van der Waals surface area (Å²) in [7, 11) is 0. The first kappa shape index (κ1) is 18.9. The number of H-pyrrole nitrogens is 1. The highest BCUT2D eigenvalue weighted by atomic mass is 16.2. The molecule has 3 amide bonds. The molecule has 0 fully saturated rings. The van der Waals surface area contributed by atoms with Gasteiger partial charge in [0, 0.05) is 28.4 Å². The lowest BCUT2D eigenvalue weighted by atomic mass is 10.0. The number of rotatable bonds is 5. The second-order valence-corrected chi connectivity index (χ2v) is 6.57. The molecular formula is C23H19N5O2. The number of nitrogens with two attached hydrogens (primary N) is 1. The molecule has 2 aromatic carbocycles. The fourth-order valence-corrected chi connectivity index (χ4v) is 3.09.